The van der Waals surface area contributed by atoms with Crippen LogP contribution in [-0.4, -0.2) is 79.7 Å². The van der Waals surface area contributed by atoms with Crippen molar-refractivity contribution in [1.82, 2.24) is 15.1 Å². The molecule has 0 aliphatic carbocycles. The number of benzene rings is 1. The van der Waals surface area contributed by atoms with Crippen molar-refractivity contribution < 1.29 is 4.74 Å². The molecule has 2 atom stereocenters. The highest BCUT2D eigenvalue weighted by atomic mass is 32.2. The third-order valence-electron chi connectivity index (χ3n) is 4.75. The van der Waals surface area contributed by atoms with Gasteiger partial charge in [-0.15, -0.1) is 0 Å². The summed E-state index contributed by atoms with van der Waals surface area (Å²) in [5.41, 5.74) is 1.37. The van der Waals surface area contributed by atoms with Crippen molar-refractivity contribution in [3.8, 4) is 0 Å². The van der Waals surface area contributed by atoms with Gasteiger partial charge >= 0.3 is 0 Å². The Morgan fingerprint density at radius 1 is 1.33 bits per heavy atom. The molecule has 0 radical (unpaired) electrons. The summed E-state index contributed by atoms with van der Waals surface area (Å²) in [5.74, 6) is 2.10. The van der Waals surface area contributed by atoms with Crippen LogP contribution in [0.5, 0.6) is 0 Å². The van der Waals surface area contributed by atoms with Crippen LogP contribution in [0.2, 0.25) is 0 Å². The van der Waals surface area contributed by atoms with E-state index in [0.717, 1.165) is 51.0 Å². The van der Waals surface area contributed by atoms with E-state index in [1.165, 1.54) is 5.56 Å². The third-order valence-corrected chi connectivity index (χ3v) is 5.36. The fraction of sp³-hybridized carbons (Fsp3) is 0.611. The number of rotatable bonds is 5. The summed E-state index contributed by atoms with van der Waals surface area (Å²) in [4.78, 5) is 9.37. The molecule has 1 aromatic carbocycles. The molecule has 0 spiro atoms. The number of hydrogen-bond acceptors (Lipinski definition) is 4. The average molecular weight is 349 g/mol. The number of likely N-dealkylation sites (tertiary alicyclic amines) is 1. The zero-order chi connectivity index (χ0) is 16.8. The highest BCUT2D eigenvalue weighted by Gasteiger charge is 2.41. The zero-order valence-electron chi connectivity index (χ0n) is 14.6. The average Bonchev–Trinajstić information content (AvgIpc) is 3.05. The van der Waals surface area contributed by atoms with E-state index >= 15 is 0 Å². The van der Waals surface area contributed by atoms with Gasteiger partial charge < -0.3 is 15.0 Å². The molecule has 2 aliphatic heterocycles. The van der Waals surface area contributed by atoms with Crippen LogP contribution in [0.4, 0.5) is 0 Å². The quantitative estimate of drug-likeness (QED) is 0.496. The lowest BCUT2D eigenvalue weighted by Crippen LogP contribution is -2.50. The number of morpholine rings is 1. The second-order valence-corrected chi connectivity index (χ2v) is 7.29. The summed E-state index contributed by atoms with van der Waals surface area (Å²) in [6.45, 7) is 5.68. The van der Waals surface area contributed by atoms with E-state index in [4.69, 9.17) is 4.74 Å². The second kappa shape index (κ2) is 8.74. The fourth-order valence-corrected chi connectivity index (χ4v) is 3.85. The van der Waals surface area contributed by atoms with Crippen molar-refractivity contribution >= 4 is 17.7 Å². The lowest BCUT2D eigenvalue weighted by Gasteiger charge is -2.36. The van der Waals surface area contributed by atoms with E-state index in [1.807, 2.05) is 18.8 Å². The standard InChI is InChI=1S/C18H28N4OS/c1-19-18(20-8-11-24-2)22-13-16-17(14-22)23-10-9-21(16)12-15-6-4-3-5-7-15/h3-7,16-17H,8-14H2,1-2H3,(H,19,20). The van der Waals surface area contributed by atoms with Gasteiger partial charge in [-0.1, -0.05) is 30.3 Å². The molecule has 2 fully saturated rings. The summed E-state index contributed by atoms with van der Waals surface area (Å²) < 4.78 is 6.05. The lowest BCUT2D eigenvalue weighted by atomic mass is 10.1. The summed E-state index contributed by atoms with van der Waals surface area (Å²) in [5, 5.41) is 3.47. The maximum absolute atomic E-state index is 6.05. The molecule has 132 valence electrons. The predicted molar refractivity (Wildman–Crippen MR) is 102 cm³/mol. The van der Waals surface area contributed by atoms with Crippen molar-refractivity contribution in [2.75, 3.05) is 51.8 Å². The first-order valence-electron chi connectivity index (χ1n) is 8.66. The predicted octanol–water partition coefficient (Wildman–Crippen LogP) is 1.51. The Bertz CT molecular complexity index is 539. The summed E-state index contributed by atoms with van der Waals surface area (Å²) in [6.07, 6.45) is 2.41. The largest absolute Gasteiger partial charge is 0.373 e. The maximum atomic E-state index is 6.05. The fourth-order valence-electron chi connectivity index (χ4n) is 3.54. The number of nitrogens with one attached hydrogen (secondary N) is 1. The Balaban J connectivity index is 1.62. The van der Waals surface area contributed by atoms with Crippen LogP contribution < -0.4 is 5.32 Å². The van der Waals surface area contributed by atoms with Gasteiger partial charge in [0.05, 0.1) is 18.8 Å². The minimum Gasteiger partial charge on any atom is -0.373 e. The van der Waals surface area contributed by atoms with Crippen LogP contribution in [0.1, 0.15) is 5.56 Å². The molecule has 5 nitrogen and oxygen atoms in total. The molecule has 6 heteroatoms. The Hall–Kier alpha value is -1.24. The van der Waals surface area contributed by atoms with Crippen molar-refractivity contribution in [3.05, 3.63) is 35.9 Å². The SMILES string of the molecule is CN=C(NCCSC)N1CC2OCCN(Cc3ccccc3)C2C1. The monoisotopic (exact) mass is 348 g/mol. The number of ether oxygens (including phenoxy) is 1. The Morgan fingerprint density at radius 3 is 2.92 bits per heavy atom. The normalized spacial score (nSPS) is 24.9. The van der Waals surface area contributed by atoms with E-state index in [2.05, 4.69) is 56.7 Å². The minimum absolute atomic E-state index is 0.279. The van der Waals surface area contributed by atoms with Crippen molar-refractivity contribution in [3.63, 3.8) is 0 Å². The topological polar surface area (TPSA) is 40.1 Å². The van der Waals surface area contributed by atoms with Crippen LogP contribution in [0.25, 0.3) is 0 Å². The molecule has 2 unspecified atom stereocenters. The molecular formula is C18H28N4OS. The first-order valence-corrected chi connectivity index (χ1v) is 10.1. The number of hydrogen-bond donors (Lipinski definition) is 1. The van der Waals surface area contributed by atoms with Gasteiger partial charge in [-0.3, -0.25) is 9.89 Å². The van der Waals surface area contributed by atoms with Gasteiger partial charge in [-0.05, 0) is 11.8 Å². The van der Waals surface area contributed by atoms with Crippen molar-refractivity contribution in [2.24, 2.45) is 4.99 Å². The molecule has 0 bridgehead atoms. The van der Waals surface area contributed by atoms with Crippen LogP contribution in [0, 0.1) is 0 Å². The van der Waals surface area contributed by atoms with Crippen LogP contribution in [-0.2, 0) is 11.3 Å². The number of guanidine groups is 1. The summed E-state index contributed by atoms with van der Waals surface area (Å²) >= 11 is 1.85. The van der Waals surface area contributed by atoms with Gasteiger partial charge in [0.1, 0.15) is 0 Å². The molecule has 0 amide bonds. The van der Waals surface area contributed by atoms with Crippen LogP contribution in [0.3, 0.4) is 0 Å². The Morgan fingerprint density at radius 2 is 2.17 bits per heavy atom. The summed E-state index contributed by atoms with van der Waals surface area (Å²) in [6, 6.07) is 11.2. The number of nitrogens with zero attached hydrogens (tertiary/aromatic N) is 3. The molecule has 3 rings (SSSR count). The van der Waals surface area contributed by atoms with E-state index in [0.29, 0.717) is 6.04 Å². The molecule has 2 saturated heterocycles. The minimum atomic E-state index is 0.279. The van der Waals surface area contributed by atoms with Gasteiger partial charge in [-0.25, -0.2) is 0 Å². The molecule has 1 aromatic rings. The van der Waals surface area contributed by atoms with Gasteiger partial charge in [0, 0.05) is 45.5 Å². The molecule has 24 heavy (non-hydrogen) atoms. The van der Waals surface area contributed by atoms with Crippen molar-refractivity contribution in [1.29, 1.82) is 0 Å². The van der Waals surface area contributed by atoms with E-state index in [1.54, 1.807) is 0 Å². The Kier molecular flexibility index (Phi) is 6.40. The molecule has 1 N–H and O–H groups in total. The first kappa shape index (κ1) is 17.6. The van der Waals surface area contributed by atoms with E-state index in [9.17, 15) is 0 Å². The van der Waals surface area contributed by atoms with Crippen LogP contribution in [0.15, 0.2) is 35.3 Å². The number of thioether (sulfide) groups is 1. The highest BCUT2D eigenvalue weighted by Crippen LogP contribution is 2.24. The maximum Gasteiger partial charge on any atom is 0.193 e. The lowest BCUT2D eigenvalue weighted by molar-refractivity contribution is -0.0502. The highest BCUT2D eigenvalue weighted by molar-refractivity contribution is 7.98. The number of fused-ring (bicyclic) bond motifs is 1. The van der Waals surface area contributed by atoms with E-state index < -0.39 is 0 Å². The van der Waals surface area contributed by atoms with Gasteiger partial charge in [-0.2, -0.15) is 11.8 Å². The molecule has 0 saturated carbocycles. The third kappa shape index (κ3) is 4.23. The summed E-state index contributed by atoms with van der Waals surface area (Å²) in [7, 11) is 1.87. The van der Waals surface area contributed by atoms with E-state index in [-0.39, 0.29) is 6.10 Å². The van der Waals surface area contributed by atoms with Gasteiger partial charge in [0.2, 0.25) is 0 Å². The molecule has 0 aromatic heterocycles. The van der Waals surface area contributed by atoms with Crippen molar-refractivity contribution in [2.45, 2.75) is 18.7 Å². The Labute approximate surface area is 149 Å². The molecule has 2 aliphatic rings. The number of aliphatic imine (C=N–C) groups is 1. The first-order chi connectivity index (χ1) is 11.8. The molecular weight excluding hydrogens is 320 g/mol. The second-order valence-electron chi connectivity index (χ2n) is 6.30. The molecule has 2 heterocycles. The van der Waals surface area contributed by atoms with Gasteiger partial charge in [0.25, 0.3) is 0 Å². The van der Waals surface area contributed by atoms with Crippen LogP contribution >= 0.6 is 11.8 Å². The smallest absolute Gasteiger partial charge is 0.193 e. The zero-order valence-corrected chi connectivity index (χ0v) is 15.5. The van der Waals surface area contributed by atoms with Gasteiger partial charge in [0.15, 0.2) is 5.96 Å².